The van der Waals surface area contributed by atoms with Crippen LogP contribution in [0.3, 0.4) is 0 Å². The Morgan fingerprint density at radius 1 is 1.06 bits per heavy atom. The molecule has 0 spiro atoms. The Hall–Kier alpha value is -3.05. The third-order valence-electron chi connectivity index (χ3n) is 6.04. The van der Waals surface area contributed by atoms with Gasteiger partial charge in [-0.3, -0.25) is 4.79 Å². The third kappa shape index (κ3) is 4.30. The van der Waals surface area contributed by atoms with Crippen LogP contribution in [-0.2, 0) is 4.79 Å². The van der Waals surface area contributed by atoms with Crippen molar-refractivity contribution in [3.05, 3.63) is 77.5 Å². The number of aromatic nitrogens is 1. The van der Waals surface area contributed by atoms with Crippen molar-refractivity contribution in [1.29, 1.82) is 0 Å². The standard InChI is InChI=1S/C27H29N3OS/c1-5-19(3)30-20(4)24(23-14-8-10-18(2)27(23)30)16-28-29-26(31)17-32-25-15-9-12-21-11-6-7-13-22(21)25/h6-16,19H,5,17H2,1-4H3,(H,29,31)/b28-16-/t19-/m0/s1. The summed E-state index contributed by atoms with van der Waals surface area (Å²) in [4.78, 5) is 13.6. The molecule has 0 aliphatic rings. The van der Waals surface area contributed by atoms with Crippen molar-refractivity contribution in [2.45, 2.75) is 45.1 Å². The summed E-state index contributed by atoms with van der Waals surface area (Å²) in [6.45, 7) is 8.72. The van der Waals surface area contributed by atoms with Crippen LogP contribution in [0.25, 0.3) is 21.7 Å². The summed E-state index contributed by atoms with van der Waals surface area (Å²) in [6, 6.07) is 21.1. The quantitative estimate of drug-likeness (QED) is 0.198. The molecule has 0 saturated carbocycles. The number of rotatable bonds is 7. The smallest absolute Gasteiger partial charge is 0.250 e. The summed E-state index contributed by atoms with van der Waals surface area (Å²) in [7, 11) is 0. The average Bonchev–Trinajstić information content (AvgIpc) is 3.09. The van der Waals surface area contributed by atoms with Crippen LogP contribution in [0.2, 0.25) is 0 Å². The van der Waals surface area contributed by atoms with Crippen LogP contribution in [0, 0.1) is 13.8 Å². The first-order valence-electron chi connectivity index (χ1n) is 11.0. The number of amides is 1. The van der Waals surface area contributed by atoms with Gasteiger partial charge in [0.2, 0.25) is 5.91 Å². The van der Waals surface area contributed by atoms with Gasteiger partial charge in [-0.15, -0.1) is 11.8 Å². The molecule has 0 aliphatic carbocycles. The molecule has 1 N–H and O–H groups in total. The molecule has 4 rings (SSSR count). The highest BCUT2D eigenvalue weighted by molar-refractivity contribution is 8.00. The van der Waals surface area contributed by atoms with Crippen molar-refractivity contribution >= 4 is 45.6 Å². The van der Waals surface area contributed by atoms with E-state index in [1.165, 1.54) is 44.7 Å². The van der Waals surface area contributed by atoms with E-state index < -0.39 is 0 Å². The van der Waals surface area contributed by atoms with Crippen LogP contribution in [0.1, 0.15) is 43.1 Å². The summed E-state index contributed by atoms with van der Waals surface area (Å²) >= 11 is 1.53. The van der Waals surface area contributed by atoms with Gasteiger partial charge in [-0.2, -0.15) is 5.10 Å². The summed E-state index contributed by atoms with van der Waals surface area (Å²) in [5.74, 6) is 0.205. The van der Waals surface area contributed by atoms with Gasteiger partial charge in [0.15, 0.2) is 0 Å². The van der Waals surface area contributed by atoms with E-state index in [0.717, 1.165) is 16.9 Å². The molecular weight excluding hydrogens is 414 g/mol. The monoisotopic (exact) mass is 443 g/mol. The number of para-hydroxylation sites is 1. The minimum atomic E-state index is -0.112. The topological polar surface area (TPSA) is 46.4 Å². The second kappa shape index (κ2) is 9.61. The zero-order chi connectivity index (χ0) is 22.7. The molecule has 1 atom stereocenters. The van der Waals surface area contributed by atoms with E-state index in [2.05, 4.69) is 85.3 Å². The van der Waals surface area contributed by atoms with Gasteiger partial charge in [0.1, 0.15) is 0 Å². The van der Waals surface area contributed by atoms with Gasteiger partial charge < -0.3 is 4.57 Å². The molecule has 0 unspecified atom stereocenters. The SMILES string of the molecule is CC[C@H](C)n1c(C)c(/C=N\NC(=O)CSc2cccc3ccccc23)c2cccc(C)c21. The fourth-order valence-electron chi connectivity index (χ4n) is 4.25. The average molecular weight is 444 g/mol. The minimum absolute atomic E-state index is 0.112. The predicted molar refractivity (Wildman–Crippen MR) is 137 cm³/mol. The van der Waals surface area contributed by atoms with Gasteiger partial charge in [0.05, 0.1) is 17.5 Å². The fraction of sp³-hybridized carbons (Fsp3) is 0.259. The largest absolute Gasteiger partial charge is 0.341 e. The van der Waals surface area contributed by atoms with Crippen LogP contribution < -0.4 is 5.43 Å². The first-order valence-corrected chi connectivity index (χ1v) is 12.0. The van der Waals surface area contributed by atoms with Crippen molar-refractivity contribution in [2.24, 2.45) is 5.10 Å². The van der Waals surface area contributed by atoms with Gasteiger partial charge in [-0.25, -0.2) is 5.43 Å². The molecule has 1 heterocycles. The van der Waals surface area contributed by atoms with Gasteiger partial charge >= 0.3 is 0 Å². The van der Waals surface area contributed by atoms with Crippen molar-refractivity contribution in [1.82, 2.24) is 9.99 Å². The third-order valence-corrected chi connectivity index (χ3v) is 7.12. The lowest BCUT2D eigenvalue weighted by atomic mass is 10.1. The molecule has 3 aromatic carbocycles. The molecule has 1 aromatic heterocycles. The maximum atomic E-state index is 12.5. The number of benzene rings is 3. The lowest BCUT2D eigenvalue weighted by Gasteiger charge is -2.16. The molecule has 0 fully saturated rings. The van der Waals surface area contributed by atoms with E-state index >= 15 is 0 Å². The molecule has 0 aliphatic heterocycles. The summed E-state index contributed by atoms with van der Waals surface area (Å²) in [6.07, 6.45) is 2.84. The molecular formula is C27H29N3OS. The Bertz CT molecular complexity index is 1300. The molecule has 0 radical (unpaired) electrons. The summed E-state index contributed by atoms with van der Waals surface area (Å²) in [5, 5.41) is 7.82. The van der Waals surface area contributed by atoms with Gasteiger partial charge in [0, 0.05) is 27.6 Å². The Kier molecular flexibility index (Phi) is 6.66. The Balaban J connectivity index is 1.50. The number of hydrogen-bond acceptors (Lipinski definition) is 3. The number of aryl methyl sites for hydroxylation is 1. The van der Waals surface area contributed by atoms with Crippen LogP contribution in [0.5, 0.6) is 0 Å². The Labute approximate surface area is 193 Å². The van der Waals surface area contributed by atoms with E-state index in [0.29, 0.717) is 11.8 Å². The highest BCUT2D eigenvalue weighted by Gasteiger charge is 2.17. The maximum Gasteiger partial charge on any atom is 0.250 e. The highest BCUT2D eigenvalue weighted by Crippen LogP contribution is 2.31. The van der Waals surface area contributed by atoms with Gasteiger partial charge in [-0.05, 0) is 49.6 Å². The Morgan fingerprint density at radius 3 is 2.59 bits per heavy atom. The van der Waals surface area contributed by atoms with Crippen molar-refractivity contribution in [2.75, 3.05) is 5.75 Å². The molecule has 1 amide bonds. The van der Waals surface area contributed by atoms with Crippen molar-refractivity contribution < 1.29 is 4.79 Å². The van der Waals surface area contributed by atoms with Crippen molar-refractivity contribution in [3.63, 3.8) is 0 Å². The number of carbonyl (C=O) groups is 1. The number of fused-ring (bicyclic) bond motifs is 2. The molecule has 4 aromatic rings. The molecule has 164 valence electrons. The van der Waals surface area contributed by atoms with Gasteiger partial charge in [0.25, 0.3) is 0 Å². The molecule has 32 heavy (non-hydrogen) atoms. The van der Waals surface area contributed by atoms with E-state index in [1.54, 1.807) is 6.21 Å². The summed E-state index contributed by atoms with van der Waals surface area (Å²) in [5.41, 5.74) is 7.44. The number of nitrogens with one attached hydrogen (secondary N) is 1. The number of carbonyl (C=O) groups excluding carboxylic acids is 1. The molecule has 5 heteroatoms. The second-order valence-electron chi connectivity index (χ2n) is 8.16. The van der Waals surface area contributed by atoms with Gasteiger partial charge in [-0.1, -0.05) is 61.5 Å². The second-order valence-corrected chi connectivity index (χ2v) is 9.17. The zero-order valence-corrected chi connectivity index (χ0v) is 19.9. The number of hydrazone groups is 1. The first-order chi connectivity index (χ1) is 15.5. The van der Waals surface area contributed by atoms with E-state index in [9.17, 15) is 4.79 Å². The number of hydrogen-bond donors (Lipinski definition) is 1. The molecule has 4 nitrogen and oxygen atoms in total. The first kappa shape index (κ1) is 22.2. The Morgan fingerprint density at radius 2 is 1.78 bits per heavy atom. The minimum Gasteiger partial charge on any atom is -0.341 e. The maximum absolute atomic E-state index is 12.5. The number of nitrogens with zero attached hydrogens (tertiary/aromatic N) is 2. The fourth-order valence-corrected chi connectivity index (χ4v) is 5.12. The van der Waals surface area contributed by atoms with Crippen LogP contribution in [-0.4, -0.2) is 22.4 Å². The van der Waals surface area contributed by atoms with E-state index in [4.69, 9.17) is 0 Å². The van der Waals surface area contributed by atoms with E-state index in [-0.39, 0.29) is 5.91 Å². The van der Waals surface area contributed by atoms with Crippen LogP contribution in [0.15, 0.2) is 70.7 Å². The van der Waals surface area contributed by atoms with Crippen molar-refractivity contribution in [3.8, 4) is 0 Å². The zero-order valence-electron chi connectivity index (χ0n) is 19.1. The summed E-state index contributed by atoms with van der Waals surface area (Å²) < 4.78 is 2.39. The number of thioether (sulfide) groups is 1. The normalized spacial score (nSPS) is 12.6. The molecule has 0 bridgehead atoms. The lowest BCUT2D eigenvalue weighted by Crippen LogP contribution is -2.19. The van der Waals surface area contributed by atoms with Crippen LogP contribution in [0.4, 0.5) is 0 Å². The predicted octanol–water partition coefficient (Wildman–Crippen LogP) is 6.62. The lowest BCUT2D eigenvalue weighted by molar-refractivity contribution is -0.118. The molecule has 0 saturated heterocycles. The highest BCUT2D eigenvalue weighted by atomic mass is 32.2. The van der Waals surface area contributed by atoms with Crippen LogP contribution >= 0.6 is 11.8 Å². The van der Waals surface area contributed by atoms with E-state index in [1.807, 2.05) is 18.2 Å².